The summed E-state index contributed by atoms with van der Waals surface area (Å²) in [6.45, 7) is 3.13. The number of benzene rings is 1. The third-order valence-electron chi connectivity index (χ3n) is 3.11. The van der Waals surface area contributed by atoms with E-state index >= 15 is 0 Å². The lowest BCUT2D eigenvalue weighted by molar-refractivity contribution is -0.129. The predicted molar refractivity (Wildman–Crippen MR) is 71.9 cm³/mol. The molecule has 1 aromatic rings. The van der Waals surface area contributed by atoms with Gasteiger partial charge in [-0.05, 0) is 37.6 Å². The molecule has 2 atom stereocenters. The number of anilines is 1. The Morgan fingerprint density at radius 1 is 1.50 bits per heavy atom. The summed E-state index contributed by atoms with van der Waals surface area (Å²) in [6, 6.07) is 7.77. The van der Waals surface area contributed by atoms with Gasteiger partial charge in [-0.15, -0.1) is 0 Å². The van der Waals surface area contributed by atoms with Crippen molar-refractivity contribution in [2.24, 2.45) is 0 Å². The lowest BCUT2D eigenvalue weighted by Crippen LogP contribution is -2.41. The van der Waals surface area contributed by atoms with Crippen molar-refractivity contribution in [3.8, 4) is 0 Å². The molecule has 2 rings (SSSR count). The van der Waals surface area contributed by atoms with Crippen LogP contribution >= 0.6 is 11.6 Å². The van der Waals surface area contributed by atoms with Gasteiger partial charge in [0, 0.05) is 29.8 Å². The fourth-order valence-corrected chi connectivity index (χ4v) is 2.21. The molecule has 0 aromatic heterocycles. The monoisotopic (exact) mass is 268 g/mol. The summed E-state index contributed by atoms with van der Waals surface area (Å²) >= 11 is 5.85. The van der Waals surface area contributed by atoms with Gasteiger partial charge in [-0.2, -0.15) is 0 Å². The molecular weight excluding hydrogens is 252 g/mol. The summed E-state index contributed by atoms with van der Waals surface area (Å²) in [5.41, 5.74) is 1.10. The minimum atomic E-state index is -0.949. The van der Waals surface area contributed by atoms with Crippen molar-refractivity contribution < 1.29 is 9.90 Å². The smallest absolute Gasteiger partial charge is 0.248 e. The van der Waals surface area contributed by atoms with E-state index in [4.69, 9.17) is 16.7 Å². The van der Waals surface area contributed by atoms with E-state index in [1.54, 1.807) is 0 Å². The predicted octanol–water partition coefficient (Wildman–Crippen LogP) is 1.42. The minimum Gasteiger partial charge on any atom is -0.384 e. The van der Waals surface area contributed by atoms with E-state index in [9.17, 15) is 4.79 Å². The Morgan fingerprint density at radius 2 is 2.17 bits per heavy atom. The van der Waals surface area contributed by atoms with Crippen LogP contribution in [0.3, 0.4) is 0 Å². The van der Waals surface area contributed by atoms with E-state index in [2.05, 4.69) is 10.2 Å². The summed E-state index contributed by atoms with van der Waals surface area (Å²) < 4.78 is 0. The van der Waals surface area contributed by atoms with Crippen molar-refractivity contribution in [2.45, 2.75) is 25.5 Å². The van der Waals surface area contributed by atoms with Crippen LogP contribution in [-0.2, 0) is 4.79 Å². The first kappa shape index (κ1) is 13.2. The lowest BCUT2D eigenvalue weighted by atomic mass is 10.2. The molecule has 1 aromatic carbocycles. The fourth-order valence-electron chi connectivity index (χ4n) is 2.09. The molecular formula is C13H17ClN2O2. The van der Waals surface area contributed by atoms with E-state index in [-0.39, 0.29) is 11.9 Å². The maximum atomic E-state index is 11.4. The van der Waals surface area contributed by atoms with Crippen LogP contribution in [0.2, 0.25) is 5.02 Å². The second kappa shape index (κ2) is 5.59. The SMILES string of the molecule is CC(O)C(=O)NC1CCN(c2ccc(Cl)cc2)C1. The van der Waals surface area contributed by atoms with Gasteiger partial charge in [-0.3, -0.25) is 4.79 Å². The van der Waals surface area contributed by atoms with Gasteiger partial charge in [-0.1, -0.05) is 11.6 Å². The largest absolute Gasteiger partial charge is 0.384 e. The van der Waals surface area contributed by atoms with E-state index in [1.807, 2.05) is 24.3 Å². The Kier molecular flexibility index (Phi) is 4.09. The second-order valence-electron chi connectivity index (χ2n) is 4.59. The Hall–Kier alpha value is -1.26. The molecule has 0 radical (unpaired) electrons. The van der Waals surface area contributed by atoms with Crippen molar-refractivity contribution in [1.82, 2.24) is 5.32 Å². The van der Waals surface area contributed by atoms with Gasteiger partial charge in [0.1, 0.15) is 6.10 Å². The average Bonchev–Trinajstić information content (AvgIpc) is 2.78. The van der Waals surface area contributed by atoms with Crippen molar-refractivity contribution in [2.75, 3.05) is 18.0 Å². The maximum Gasteiger partial charge on any atom is 0.248 e. The number of carbonyl (C=O) groups is 1. The Morgan fingerprint density at radius 3 is 2.78 bits per heavy atom. The zero-order chi connectivity index (χ0) is 13.1. The normalized spacial score (nSPS) is 20.8. The third kappa shape index (κ3) is 3.15. The van der Waals surface area contributed by atoms with Gasteiger partial charge in [-0.25, -0.2) is 0 Å². The van der Waals surface area contributed by atoms with Crippen molar-refractivity contribution in [3.05, 3.63) is 29.3 Å². The molecule has 4 nitrogen and oxygen atoms in total. The summed E-state index contributed by atoms with van der Waals surface area (Å²) in [7, 11) is 0. The number of rotatable bonds is 3. The van der Waals surface area contributed by atoms with E-state index in [0.717, 1.165) is 30.2 Å². The van der Waals surface area contributed by atoms with Gasteiger partial charge in [0.05, 0.1) is 0 Å². The zero-order valence-corrected chi connectivity index (χ0v) is 11.0. The molecule has 18 heavy (non-hydrogen) atoms. The van der Waals surface area contributed by atoms with Crippen LogP contribution in [0.1, 0.15) is 13.3 Å². The van der Waals surface area contributed by atoms with Gasteiger partial charge in [0.2, 0.25) is 5.91 Å². The first-order chi connectivity index (χ1) is 8.56. The number of halogens is 1. The van der Waals surface area contributed by atoms with Crippen LogP contribution in [0.5, 0.6) is 0 Å². The Bertz CT molecular complexity index is 420. The Balaban J connectivity index is 1.92. The second-order valence-corrected chi connectivity index (χ2v) is 5.03. The molecule has 0 aliphatic carbocycles. The highest BCUT2D eigenvalue weighted by molar-refractivity contribution is 6.30. The molecule has 1 amide bonds. The first-order valence-corrected chi connectivity index (χ1v) is 6.43. The molecule has 0 spiro atoms. The number of nitrogens with zero attached hydrogens (tertiary/aromatic N) is 1. The van der Waals surface area contributed by atoms with Crippen LogP contribution in [0.4, 0.5) is 5.69 Å². The molecule has 5 heteroatoms. The standard InChI is InChI=1S/C13H17ClN2O2/c1-9(17)13(18)15-11-6-7-16(8-11)12-4-2-10(14)3-5-12/h2-5,9,11,17H,6-8H2,1H3,(H,15,18). The number of nitrogens with one attached hydrogen (secondary N) is 1. The number of aliphatic hydroxyl groups excluding tert-OH is 1. The van der Waals surface area contributed by atoms with E-state index in [0.29, 0.717) is 0 Å². The van der Waals surface area contributed by atoms with Crippen LogP contribution in [-0.4, -0.2) is 36.2 Å². The van der Waals surface area contributed by atoms with Crippen LogP contribution in [0, 0.1) is 0 Å². The molecule has 2 N–H and O–H groups in total. The van der Waals surface area contributed by atoms with E-state index in [1.165, 1.54) is 6.92 Å². The zero-order valence-electron chi connectivity index (χ0n) is 10.3. The molecule has 2 unspecified atom stereocenters. The van der Waals surface area contributed by atoms with Gasteiger partial charge in [0.15, 0.2) is 0 Å². The number of hydrogen-bond acceptors (Lipinski definition) is 3. The summed E-state index contributed by atoms with van der Waals surface area (Å²) in [4.78, 5) is 13.6. The average molecular weight is 269 g/mol. The highest BCUT2D eigenvalue weighted by atomic mass is 35.5. The van der Waals surface area contributed by atoms with Crippen LogP contribution < -0.4 is 10.2 Å². The lowest BCUT2D eigenvalue weighted by Gasteiger charge is -2.19. The van der Waals surface area contributed by atoms with Crippen molar-refractivity contribution in [1.29, 1.82) is 0 Å². The van der Waals surface area contributed by atoms with E-state index < -0.39 is 6.10 Å². The number of carbonyl (C=O) groups excluding carboxylic acids is 1. The number of aliphatic hydroxyl groups is 1. The fraction of sp³-hybridized carbons (Fsp3) is 0.462. The van der Waals surface area contributed by atoms with Crippen molar-refractivity contribution >= 4 is 23.2 Å². The molecule has 0 bridgehead atoms. The third-order valence-corrected chi connectivity index (χ3v) is 3.36. The molecule has 1 fully saturated rings. The molecule has 1 heterocycles. The summed E-state index contributed by atoms with van der Waals surface area (Å²) in [6.07, 6.45) is -0.0595. The molecule has 1 saturated heterocycles. The molecule has 98 valence electrons. The molecule has 1 aliphatic rings. The van der Waals surface area contributed by atoms with Gasteiger partial charge in [0.25, 0.3) is 0 Å². The van der Waals surface area contributed by atoms with Crippen LogP contribution in [0.25, 0.3) is 0 Å². The topological polar surface area (TPSA) is 52.6 Å². The van der Waals surface area contributed by atoms with Gasteiger partial charge < -0.3 is 15.3 Å². The first-order valence-electron chi connectivity index (χ1n) is 6.05. The van der Waals surface area contributed by atoms with Crippen LogP contribution in [0.15, 0.2) is 24.3 Å². The summed E-state index contributed by atoms with van der Waals surface area (Å²) in [5.74, 6) is -0.307. The maximum absolute atomic E-state index is 11.4. The quantitative estimate of drug-likeness (QED) is 0.872. The van der Waals surface area contributed by atoms with Gasteiger partial charge >= 0.3 is 0 Å². The minimum absolute atomic E-state index is 0.0998. The van der Waals surface area contributed by atoms with Crippen molar-refractivity contribution in [3.63, 3.8) is 0 Å². The highest BCUT2D eigenvalue weighted by Crippen LogP contribution is 2.22. The number of hydrogen-bond donors (Lipinski definition) is 2. The molecule has 0 saturated carbocycles. The molecule has 1 aliphatic heterocycles. The number of amides is 1. The summed E-state index contributed by atoms with van der Waals surface area (Å²) in [5, 5.41) is 12.7. The Labute approximate surface area is 112 Å². The highest BCUT2D eigenvalue weighted by Gasteiger charge is 2.25.